The van der Waals surface area contributed by atoms with E-state index in [0.29, 0.717) is 28.0 Å². The Bertz CT molecular complexity index is 1200. The van der Waals surface area contributed by atoms with Gasteiger partial charge in [0.05, 0.1) is 30.7 Å². The first-order valence-corrected chi connectivity index (χ1v) is 10.8. The Balaban J connectivity index is 2.05. The number of rotatable bonds is 4. The highest BCUT2D eigenvalue weighted by Gasteiger charge is 2.80. The van der Waals surface area contributed by atoms with Gasteiger partial charge in [-0.3, -0.25) is 5.41 Å². The molecule has 2 saturated heterocycles. The molecule has 2 fully saturated rings. The summed E-state index contributed by atoms with van der Waals surface area (Å²) in [4.78, 5) is 0. The fraction of sp³-hybridized carbons (Fsp3) is 0.333. The van der Waals surface area contributed by atoms with Crippen LogP contribution in [0.5, 0.6) is 5.75 Å². The second-order valence-electron chi connectivity index (χ2n) is 7.86. The van der Waals surface area contributed by atoms with Crippen LogP contribution < -0.4 is 4.74 Å². The van der Waals surface area contributed by atoms with Gasteiger partial charge in [0.25, 0.3) is 0 Å². The molecule has 0 amide bonds. The van der Waals surface area contributed by atoms with Crippen LogP contribution in [0.1, 0.15) is 37.0 Å². The maximum atomic E-state index is 10.5. The molecule has 8 heteroatoms. The van der Waals surface area contributed by atoms with E-state index >= 15 is 0 Å². The monoisotopic (exact) mass is 490 g/mol. The van der Waals surface area contributed by atoms with E-state index in [1.807, 2.05) is 13.0 Å². The zero-order valence-corrected chi connectivity index (χ0v) is 19.0. The molecule has 0 saturated carbocycles. The van der Waals surface area contributed by atoms with E-state index in [1.54, 1.807) is 49.4 Å². The molecule has 4 atom stereocenters. The number of ether oxygens (including phenoxy) is 3. The molecule has 2 bridgehead atoms. The predicted octanol–water partition coefficient (Wildman–Crippen LogP) is 4.97. The standard InChI is InChI=1S/C24H19BrN4O3/c1-3-30-18-10-9-16(25)11-17(18)20-23(12-26,13-27)24(14-28)19(15-7-5-4-6-8-15)22(2,31-20)32-21(24)29/h4-11,19-20,29H,3H2,1-2H3. The topological polar surface area (TPSA) is 123 Å². The van der Waals surface area contributed by atoms with Crippen molar-refractivity contribution in [2.75, 3.05) is 6.61 Å². The summed E-state index contributed by atoms with van der Waals surface area (Å²) in [5, 5.41) is 40.0. The van der Waals surface area contributed by atoms with Crippen LogP contribution in [0.25, 0.3) is 0 Å². The molecular weight excluding hydrogens is 472 g/mol. The van der Waals surface area contributed by atoms with Crippen LogP contribution in [0.4, 0.5) is 0 Å². The molecule has 2 aromatic carbocycles. The SMILES string of the molecule is CCOc1ccc(Br)cc1C1OC2(C)OC(=N)C(C#N)(C2c2ccccc2)C1(C#N)C#N. The summed E-state index contributed by atoms with van der Waals surface area (Å²) in [6.07, 6.45) is -1.20. The molecule has 4 unspecified atom stereocenters. The third kappa shape index (κ3) is 2.69. The summed E-state index contributed by atoms with van der Waals surface area (Å²) in [6, 6.07) is 20.5. The Kier molecular flexibility index (Phi) is 5.21. The van der Waals surface area contributed by atoms with Gasteiger partial charge < -0.3 is 14.2 Å². The first kappa shape index (κ1) is 21.8. The molecule has 2 aliphatic rings. The van der Waals surface area contributed by atoms with E-state index in [2.05, 4.69) is 34.1 Å². The Hall–Kier alpha value is -3.38. The molecule has 0 aromatic heterocycles. The number of hydrogen-bond acceptors (Lipinski definition) is 7. The first-order valence-electron chi connectivity index (χ1n) is 10.00. The molecule has 0 aliphatic carbocycles. The average Bonchev–Trinajstić information content (AvgIpc) is 2.98. The second-order valence-corrected chi connectivity index (χ2v) is 8.77. The van der Waals surface area contributed by atoms with Crippen molar-refractivity contribution in [1.82, 2.24) is 0 Å². The van der Waals surface area contributed by atoms with Crippen molar-refractivity contribution in [3.05, 3.63) is 64.1 Å². The number of benzene rings is 2. The predicted molar refractivity (Wildman–Crippen MR) is 117 cm³/mol. The zero-order valence-electron chi connectivity index (χ0n) is 17.4. The Morgan fingerprint density at radius 1 is 1.09 bits per heavy atom. The molecule has 0 spiro atoms. The van der Waals surface area contributed by atoms with Crippen LogP contribution >= 0.6 is 15.9 Å². The molecule has 7 nitrogen and oxygen atoms in total. The van der Waals surface area contributed by atoms with Crippen LogP contribution in [-0.2, 0) is 9.47 Å². The summed E-state index contributed by atoms with van der Waals surface area (Å²) in [7, 11) is 0. The quantitative estimate of drug-likeness (QED) is 0.644. The molecule has 160 valence electrons. The van der Waals surface area contributed by atoms with Crippen LogP contribution in [0.2, 0.25) is 0 Å². The second kappa shape index (κ2) is 7.64. The van der Waals surface area contributed by atoms with Gasteiger partial charge in [-0.05, 0) is 30.7 Å². The molecule has 0 radical (unpaired) electrons. The first-order chi connectivity index (χ1) is 15.3. The van der Waals surface area contributed by atoms with Gasteiger partial charge in [-0.15, -0.1) is 0 Å². The van der Waals surface area contributed by atoms with Crippen LogP contribution in [-0.4, -0.2) is 18.3 Å². The fourth-order valence-corrected chi connectivity index (χ4v) is 5.30. The zero-order chi connectivity index (χ0) is 23.1. The maximum Gasteiger partial charge on any atom is 0.218 e. The van der Waals surface area contributed by atoms with Gasteiger partial charge in [-0.25, -0.2) is 0 Å². The van der Waals surface area contributed by atoms with Gasteiger partial charge in [0.1, 0.15) is 11.9 Å². The van der Waals surface area contributed by atoms with Crippen molar-refractivity contribution in [3.8, 4) is 24.0 Å². The molecule has 1 N–H and O–H groups in total. The number of nitrogens with zero attached hydrogens (tertiary/aromatic N) is 3. The molecule has 2 aromatic rings. The van der Waals surface area contributed by atoms with E-state index in [-0.39, 0.29) is 0 Å². The molecule has 4 rings (SSSR count). The molecular formula is C24H19BrN4O3. The van der Waals surface area contributed by atoms with Gasteiger partial charge in [0.15, 0.2) is 5.41 Å². The lowest BCUT2D eigenvalue weighted by Gasteiger charge is -2.49. The normalized spacial score (nSPS) is 29.8. The van der Waals surface area contributed by atoms with Crippen molar-refractivity contribution in [1.29, 1.82) is 21.2 Å². The van der Waals surface area contributed by atoms with E-state index in [0.717, 1.165) is 0 Å². The summed E-state index contributed by atoms with van der Waals surface area (Å²) in [6.45, 7) is 3.82. The largest absolute Gasteiger partial charge is 0.493 e. The van der Waals surface area contributed by atoms with Gasteiger partial charge in [0.2, 0.25) is 17.1 Å². The van der Waals surface area contributed by atoms with Crippen molar-refractivity contribution >= 4 is 21.8 Å². The number of nitrogens with one attached hydrogen (secondary N) is 1. The highest BCUT2D eigenvalue weighted by Crippen LogP contribution is 2.69. The molecule has 2 aliphatic heterocycles. The molecule has 32 heavy (non-hydrogen) atoms. The minimum Gasteiger partial charge on any atom is -0.493 e. The number of fused-ring (bicyclic) bond motifs is 2. The van der Waals surface area contributed by atoms with Crippen molar-refractivity contribution in [2.45, 2.75) is 31.7 Å². The van der Waals surface area contributed by atoms with Crippen molar-refractivity contribution in [2.24, 2.45) is 10.8 Å². The lowest BCUT2D eigenvalue weighted by Crippen LogP contribution is -2.57. The third-order valence-electron chi connectivity index (χ3n) is 6.20. The third-order valence-corrected chi connectivity index (χ3v) is 6.70. The van der Waals surface area contributed by atoms with Gasteiger partial charge in [-0.2, -0.15) is 15.8 Å². The summed E-state index contributed by atoms with van der Waals surface area (Å²) in [5.41, 5.74) is -2.91. The smallest absolute Gasteiger partial charge is 0.218 e. The van der Waals surface area contributed by atoms with E-state index in [1.165, 1.54) is 0 Å². The highest BCUT2D eigenvalue weighted by molar-refractivity contribution is 9.10. The lowest BCUT2D eigenvalue weighted by molar-refractivity contribution is -0.253. The van der Waals surface area contributed by atoms with Crippen molar-refractivity contribution < 1.29 is 14.2 Å². The van der Waals surface area contributed by atoms with Crippen LogP contribution in [0.15, 0.2) is 53.0 Å². The Labute approximate surface area is 194 Å². The number of halogens is 1. The number of hydrogen-bond donors (Lipinski definition) is 1. The number of nitriles is 3. The van der Waals surface area contributed by atoms with E-state index in [9.17, 15) is 15.8 Å². The minimum atomic E-state index is -2.08. The average molecular weight is 491 g/mol. The van der Waals surface area contributed by atoms with Gasteiger partial charge in [0, 0.05) is 17.0 Å². The summed E-state index contributed by atoms with van der Waals surface area (Å²) in [5.74, 6) is -2.35. The summed E-state index contributed by atoms with van der Waals surface area (Å²) >= 11 is 3.43. The Morgan fingerprint density at radius 3 is 2.38 bits per heavy atom. The lowest BCUT2D eigenvalue weighted by atomic mass is 9.52. The van der Waals surface area contributed by atoms with E-state index in [4.69, 9.17) is 19.6 Å². The maximum absolute atomic E-state index is 10.5. The van der Waals surface area contributed by atoms with Gasteiger partial charge >= 0.3 is 0 Å². The summed E-state index contributed by atoms with van der Waals surface area (Å²) < 4.78 is 18.7. The van der Waals surface area contributed by atoms with Crippen LogP contribution in [0, 0.1) is 50.2 Å². The van der Waals surface area contributed by atoms with Gasteiger partial charge in [-0.1, -0.05) is 46.3 Å². The van der Waals surface area contributed by atoms with E-state index < -0.39 is 34.5 Å². The molecule has 2 heterocycles. The van der Waals surface area contributed by atoms with Crippen LogP contribution in [0.3, 0.4) is 0 Å². The fourth-order valence-electron chi connectivity index (χ4n) is 4.92. The van der Waals surface area contributed by atoms with Crippen molar-refractivity contribution in [3.63, 3.8) is 0 Å². The minimum absolute atomic E-state index is 0.354. The highest BCUT2D eigenvalue weighted by atomic mass is 79.9. The Morgan fingerprint density at radius 2 is 1.78 bits per heavy atom.